The standard InChI is InChI=1S/C17H19N3O5/c1-9-14-11(6-12(10-2-3-10)18-16(14)25-20-9)15(23)19-17(7-13(21)22)4-5-24-8-17/h6,10H,2-5,7-8H2,1H3,(H,19,23)(H,21,22). The van der Waals surface area contributed by atoms with Crippen molar-refractivity contribution in [2.45, 2.75) is 44.1 Å². The van der Waals surface area contributed by atoms with Crippen molar-refractivity contribution in [2.24, 2.45) is 0 Å². The Morgan fingerprint density at radius 1 is 1.44 bits per heavy atom. The average Bonchev–Trinajstić information content (AvgIpc) is 3.22. The summed E-state index contributed by atoms with van der Waals surface area (Å²) in [5.74, 6) is -0.956. The van der Waals surface area contributed by atoms with E-state index in [4.69, 9.17) is 9.26 Å². The summed E-state index contributed by atoms with van der Waals surface area (Å²) in [5.41, 5.74) is 1.31. The SMILES string of the molecule is Cc1noc2nc(C3CC3)cc(C(=O)NC3(CC(=O)O)CCOC3)c12. The highest BCUT2D eigenvalue weighted by molar-refractivity contribution is 6.06. The van der Waals surface area contributed by atoms with Crippen molar-refractivity contribution in [2.75, 3.05) is 13.2 Å². The van der Waals surface area contributed by atoms with E-state index in [-0.39, 0.29) is 18.9 Å². The number of carbonyl (C=O) groups excluding carboxylic acids is 1. The van der Waals surface area contributed by atoms with E-state index >= 15 is 0 Å². The molecular formula is C17H19N3O5. The van der Waals surface area contributed by atoms with Crippen LogP contribution >= 0.6 is 0 Å². The lowest BCUT2D eigenvalue weighted by Crippen LogP contribution is -2.50. The van der Waals surface area contributed by atoms with Gasteiger partial charge in [-0.25, -0.2) is 4.98 Å². The fraction of sp³-hybridized carbons (Fsp3) is 0.529. The predicted molar refractivity (Wildman–Crippen MR) is 86.4 cm³/mol. The molecule has 132 valence electrons. The average molecular weight is 345 g/mol. The van der Waals surface area contributed by atoms with Crippen molar-refractivity contribution in [3.63, 3.8) is 0 Å². The third-order valence-corrected chi connectivity index (χ3v) is 4.85. The number of carboxylic acid groups (broad SMARTS) is 1. The molecule has 1 amide bonds. The van der Waals surface area contributed by atoms with Crippen LogP contribution in [0.2, 0.25) is 0 Å². The Morgan fingerprint density at radius 3 is 2.88 bits per heavy atom. The van der Waals surface area contributed by atoms with Gasteiger partial charge in [0.15, 0.2) is 0 Å². The Kier molecular flexibility index (Phi) is 3.72. The zero-order chi connectivity index (χ0) is 17.6. The molecule has 2 N–H and O–H groups in total. The number of carboxylic acids is 1. The third-order valence-electron chi connectivity index (χ3n) is 4.85. The molecular weight excluding hydrogens is 326 g/mol. The largest absolute Gasteiger partial charge is 0.481 e. The van der Waals surface area contributed by atoms with E-state index in [2.05, 4.69) is 15.5 Å². The lowest BCUT2D eigenvalue weighted by Gasteiger charge is -2.27. The number of rotatable bonds is 5. The maximum atomic E-state index is 13.0. The van der Waals surface area contributed by atoms with E-state index in [0.717, 1.165) is 18.5 Å². The van der Waals surface area contributed by atoms with Gasteiger partial charge in [0.1, 0.15) is 0 Å². The second kappa shape index (κ2) is 5.80. The number of ether oxygens (including phenoxy) is 1. The van der Waals surface area contributed by atoms with Gasteiger partial charge in [0.25, 0.3) is 11.6 Å². The normalized spacial score (nSPS) is 23.1. The minimum Gasteiger partial charge on any atom is -0.481 e. The minimum absolute atomic E-state index is 0.176. The summed E-state index contributed by atoms with van der Waals surface area (Å²) in [7, 11) is 0. The summed E-state index contributed by atoms with van der Waals surface area (Å²) in [6, 6.07) is 1.78. The molecule has 0 aromatic carbocycles. The van der Waals surface area contributed by atoms with E-state index < -0.39 is 11.5 Å². The molecule has 0 radical (unpaired) electrons. The van der Waals surface area contributed by atoms with Crippen LogP contribution in [0, 0.1) is 6.92 Å². The molecule has 2 fully saturated rings. The first kappa shape index (κ1) is 16.0. The predicted octanol–water partition coefficient (Wildman–Crippen LogP) is 1.77. The Labute approximate surface area is 143 Å². The van der Waals surface area contributed by atoms with Crippen LogP contribution in [0.1, 0.15) is 53.3 Å². The minimum atomic E-state index is -0.967. The first-order valence-corrected chi connectivity index (χ1v) is 8.36. The molecule has 1 aliphatic carbocycles. The number of amides is 1. The number of nitrogens with zero attached hydrogens (tertiary/aromatic N) is 2. The van der Waals surface area contributed by atoms with E-state index in [0.29, 0.717) is 41.3 Å². The van der Waals surface area contributed by atoms with E-state index in [9.17, 15) is 14.7 Å². The maximum absolute atomic E-state index is 13.0. The van der Waals surface area contributed by atoms with Gasteiger partial charge in [-0.2, -0.15) is 0 Å². The number of nitrogens with one attached hydrogen (secondary N) is 1. The van der Waals surface area contributed by atoms with Crippen LogP contribution in [0.3, 0.4) is 0 Å². The highest BCUT2D eigenvalue weighted by atomic mass is 16.5. The third kappa shape index (κ3) is 2.97. The molecule has 8 heteroatoms. The van der Waals surface area contributed by atoms with Crippen LogP contribution < -0.4 is 5.32 Å². The van der Waals surface area contributed by atoms with Gasteiger partial charge < -0.3 is 19.7 Å². The van der Waals surface area contributed by atoms with Crippen LogP contribution in [0.25, 0.3) is 11.1 Å². The molecule has 0 bridgehead atoms. The molecule has 1 atom stereocenters. The zero-order valence-electron chi connectivity index (χ0n) is 13.9. The van der Waals surface area contributed by atoms with Gasteiger partial charge in [-0.1, -0.05) is 5.16 Å². The van der Waals surface area contributed by atoms with Gasteiger partial charge in [0.05, 0.1) is 35.2 Å². The highest BCUT2D eigenvalue weighted by Gasteiger charge is 2.39. The molecule has 3 heterocycles. The summed E-state index contributed by atoms with van der Waals surface area (Å²) in [6.45, 7) is 2.38. The van der Waals surface area contributed by atoms with Crippen LogP contribution in [0.4, 0.5) is 0 Å². The van der Waals surface area contributed by atoms with Gasteiger partial charge in [0, 0.05) is 18.2 Å². The second-order valence-electron chi connectivity index (χ2n) is 6.92. The first-order chi connectivity index (χ1) is 12.0. The number of aliphatic carboxylic acids is 1. The molecule has 4 rings (SSSR count). The number of fused-ring (bicyclic) bond motifs is 1. The lowest BCUT2D eigenvalue weighted by atomic mass is 9.93. The molecule has 1 saturated heterocycles. The van der Waals surface area contributed by atoms with Crippen molar-refractivity contribution in [1.82, 2.24) is 15.5 Å². The molecule has 1 unspecified atom stereocenters. The number of pyridine rings is 1. The fourth-order valence-electron chi connectivity index (χ4n) is 3.37. The molecule has 2 aliphatic rings. The van der Waals surface area contributed by atoms with Crippen molar-refractivity contribution in [3.8, 4) is 0 Å². The van der Waals surface area contributed by atoms with E-state index in [1.54, 1.807) is 13.0 Å². The number of carbonyl (C=O) groups is 2. The van der Waals surface area contributed by atoms with Gasteiger partial charge in [-0.05, 0) is 32.3 Å². The number of aromatic nitrogens is 2. The van der Waals surface area contributed by atoms with E-state index in [1.807, 2.05) is 0 Å². The highest BCUT2D eigenvalue weighted by Crippen LogP contribution is 2.40. The molecule has 1 aliphatic heterocycles. The number of hydrogen-bond donors (Lipinski definition) is 2. The fourth-order valence-corrected chi connectivity index (χ4v) is 3.37. The topological polar surface area (TPSA) is 115 Å². The van der Waals surface area contributed by atoms with Gasteiger partial charge in [0.2, 0.25) is 0 Å². The molecule has 2 aromatic rings. The van der Waals surface area contributed by atoms with Crippen molar-refractivity contribution in [1.29, 1.82) is 0 Å². The van der Waals surface area contributed by atoms with Crippen molar-refractivity contribution < 1.29 is 24.0 Å². The van der Waals surface area contributed by atoms with Crippen LogP contribution in [-0.4, -0.2) is 45.9 Å². The quantitative estimate of drug-likeness (QED) is 0.848. The number of hydrogen-bond acceptors (Lipinski definition) is 6. The number of aryl methyl sites for hydroxylation is 1. The summed E-state index contributed by atoms with van der Waals surface area (Å²) >= 11 is 0. The van der Waals surface area contributed by atoms with Crippen LogP contribution in [0.5, 0.6) is 0 Å². The van der Waals surface area contributed by atoms with Gasteiger partial charge >= 0.3 is 5.97 Å². The smallest absolute Gasteiger partial charge is 0.305 e. The van der Waals surface area contributed by atoms with Gasteiger partial charge in [-0.15, -0.1) is 0 Å². The maximum Gasteiger partial charge on any atom is 0.305 e. The summed E-state index contributed by atoms with van der Waals surface area (Å²) in [4.78, 5) is 28.7. The summed E-state index contributed by atoms with van der Waals surface area (Å²) in [5, 5.41) is 16.6. The monoisotopic (exact) mass is 345 g/mol. The van der Waals surface area contributed by atoms with Crippen LogP contribution in [-0.2, 0) is 9.53 Å². The summed E-state index contributed by atoms with van der Waals surface area (Å²) in [6.07, 6.45) is 2.38. The Morgan fingerprint density at radius 2 is 2.24 bits per heavy atom. The second-order valence-corrected chi connectivity index (χ2v) is 6.92. The van der Waals surface area contributed by atoms with Crippen LogP contribution in [0.15, 0.2) is 10.6 Å². The molecule has 2 aromatic heterocycles. The Hall–Kier alpha value is -2.48. The molecule has 0 spiro atoms. The van der Waals surface area contributed by atoms with E-state index in [1.165, 1.54) is 0 Å². The molecule has 1 saturated carbocycles. The summed E-state index contributed by atoms with van der Waals surface area (Å²) < 4.78 is 10.6. The Balaban J connectivity index is 1.71. The lowest BCUT2D eigenvalue weighted by molar-refractivity contribution is -0.138. The molecule has 8 nitrogen and oxygen atoms in total. The van der Waals surface area contributed by atoms with Crippen molar-refractivity contribution >= 4 is 23.0 Å². The zero-order valence-corrected chi connectivity index (χ0v) is 13.9. The Bertz CT molecular complexity index is 849. The first-order valence-electron chi connectivity index (χ1n) is 8.36. The van der Waals surface area contributed by atoms with Crippen molar-refractivity contribution in [3.05, 3.63) is 23.0 Å². The molecule has 25 heavy (non-hydrogen) atoms. The van der Waals surface area contributed by atoms with Gasteiger partial charge in [-0.3, -0.25) is 9.59 Å².